The lowest BCUT2D eigenvalue weighted by Gasteiger charge is -2.23. The van der Waals surface area contributed by atoms with Gasteiger partial charge < -0.3 is 24.6 Å². The molecule has 0 spiro atoms. The number of nitrogens with zero attached hydrogens (tertiary/aromatic N) is 3. The van der Waals surface area contributed by atoms with Crippen molar-refractivity contribution in [2.75, 3.05) is 54.0 Å². The molecule has 0 aliphatic heterocycles. The van der Waals surface area contributed by atoms with Gasteiger partial charge >= 0.3 is 0 Å². The second-order valence-corrected chi connectivity index (χ2v) is 6.50. The molecule has 0 radical (unpaired) electrons. The van der Waals surface area contributed by atoms with Gasteiger partial charge in [0.1, 0.15) is 11.5 Å². The molecule has 1 N–H and O–H groups in total. The number of nitrogens with one attached hydrogen (secondary N) is 1. The quantitative estimate of drug-likeness (QED) is 0.344. The molecule has 0 saturated heterocycles. The predicted molar refractivity (Wildman–Crippen MR) is 114 cm³/mol. The molecule has 154 valence electrons. The molecule has 0 fully saturated rings. The van der Waals surface area contributed by atoms with Crippen LogP contribution in [-0.2, 0) is 6.54 Å². The van der Waals surface area contributed by atoms with Crippen LogP contribution in [0.4, 0.5) is 0 Å². The number of unbranched alkanes of at least 4 members (excludes halogenated alkanes) is 1. The van der Waals surface area contributed by atoms with Crippen molar-refractivity contribution in [1.29, 1.82) is 0 Å². The van der Waals surface area contributed by atoms with Gasteiger partial charge in [-0.2, -0.15) is 0 Å². The van der Waals surface area contributed by atoms with E-state index in [1.54, 1.807) is 14.2 Å². The summed E-state index contributed by atoms with van der Waals surface area (Å²) in [7, 11) is 5.41. The molecule has 27 heavy (non-hydrogen) atoms. The van der Waals surface area contributed by atoms with Crippen LogP contribution in [0.15, 0.2) is 23.2 Å². The van der Waals surface area contributed by atoms with Gasteiger partial charge in [-0.3, -0.25) is 4.99 Å². The maximum absolute atomic E-state index is 5.51. The van der Waals surface area contributed by atoms with Crippen molar-refractivity contribution >= 4 is 5.96 Å². The Morgan fingerprint density at radius 1 is 1.07 bits per heavy atom. The van der Waals surface area contributed by atoms with E-state index in [-0.39, 0.29) is 0 Å². The second kappa shape index (κ2) is 13.3. The van der Waals surface area contributed by atoms with E-state index in [9.17, 15) is 0 Å². The van der Waals surface area contributed by atoms with Gasteiger partial charge in [-0.05, 0) is 51.5 Å². The highest BCUT2D eigenvalue weighted by molar-refractivity contribution is 5.79. The zero-order valence-corrected chi connectivity index (χ0v) is 18.0. The number of hydrogen-bond acceptors (Lipinski definition) is 4. The number of methoxy groups -OCH3 is 2. The van der Waals surface area contributed by atoms with Gasteiger partial charge in [0.05, 0.1) is 14.2 Å². The third-order valence-electron chi connectivity index (χ3n) is 4.64. The van der Waals surface area contributed by atoms with E-state index < -0.39 is 0 Å². The topological polar surface area (TPSA) is 49.3 Å². The number of ether oxygens (including phenoxy) is 2. The molecule has 1 aromatic carbocycles. The lowest BCUT2D eigenvalue weighted by molar-refractivity contribution is 0.297. The van der Waals surface area contributed by atoms with Crippen molar-refractivity contribution in [3.05, 3.63) is 23.8 Å². The Labute approximate surface area is 165 Å². The maximum Gasteiger partial charge on any atom is 0.193 e. The average Bonchev–Trinajstić information content (AvgIpc) is 2.70. The summed E-state index contributed by atoms with van der Waals surface area (Å²) in [5, 5.41) is 3.38. The largest absolute Gasteiger partial charge is 0.497 e. The van der Waals surface area contributed by atoms with Crippen molar-refractivity contribution in [2.24, 2.45) is 4.99 Å². The zero-order chi connectivity index (χ0) is 20.1. The number of hydrogen-bond donors (Lipinski definition) is 1. The fourth-order valence-corrected chi connectivity index (χ4v) is 2.95. The zero-order valence-electron chi connectivity index (χ0n) is 18.0. The van der Waals surface area contributed by atoms with Gasteiger partial charge in [0.15, 0.2) is 5.96 Å². The van der Waals surface area contributed by atoms with Gasteiger partial charge in [-0.25, -0.2) is 0 Å². The van der Waals surface area contributed by atoms with Crippen LogP contribution in [0.1, 0.15) is 39.2 Å². The van der Waals surface area contributed by atoms with Crippen LogP contribution >= 0.6 is 0 Å². The van der Waals surface area contributed by atoms with Crippen LogP contribution in [-0.4, -0.2) is 69.8 Å². The fourth-order valence-electron chi connectivity index (χ4n) is 2.95. The molecule has 0 amide bonds. The van der Waals surface area contributed by atoms with Crippen LogP contribution in [0, 0.1) is 0 Å². The highest BCUT2D eigenvalue weighted by Crippen LogP contribution is 2.25. The molecule has 0 aromatic heterocycles. The lowest BCUT2D eigenvalue weighted by atomic mass is 10.2. The maximum atomic E-state index is 5.51. The summed E-state index contributed by atoms with van der Waals surface area (Å²) in [6, 6.07) is 5.92. The molecule has 0 unspecified atom stereocenters. The lowest BCUT2D eigenvalue weighted by Crippen LogP contribution is -2.38. The minimum atomic E-state index is 0.721. The van der Waals surface area contributed by atoms with Crippen molar-refractivity contribution < 1.29 is 9.47 Å². The molecular weight excluding hydrogens is 340 g/mol. The normalized spacial score (nSPS) is 11.6. The van der Waals surface area contributed by atoms with Crippen LogP contribution in [0.25, 0.3) is 0 Å². The highest BCUT2D eigenvalue weighted by atomic mass is 16.5. The minimum absolute atomic E-state index is 0.721. The summed E-state index contributed by atoms with van der Waals surface area (Å²) in [5.74, 6) is 2.56. The molecule has 0 bridgehead atoms. The first-order valence-electron chi connectivity index (χ1n) is 10.0. The summed E-state index contributed by atoms with van der Waals surface area (Å²) in [4.78, 5) is 9.39. The number of rotatable bonds is 12. The number of aliphatic imine (C=N–C) groups is 1. The van der Waals surface area contributed by atoms with E-state index in [1.807, 2.05) is 18.2 Å². The number of benzene rings is 1. The van der Waals surface area contributed by atoms with E-state index >= 15 is 0 Å². The van der Waals surface area contributed by atoms with Crippen LogP contribution in [0.2, 0.25) is 0 Å². The van der Waals surface area contributed by atoms with Crippen molar-refractivity contribution in [3.63, 3.8) is 0 Å². The van der Waals surface area contributed by atoms with Gasteiger partial charge in [0.25, 0.3) is 0 Å². The van der Waals surface area contributed by atoms with Gasteiger partial charge in [-0.1, -0.05) is 13.8 Å². The molecule has 0 aliphatic rings. The van der Waals surface area contributed by atoms with Crippen molar-refractivity contribution in [3.8, 4) is 11.5 Å². The minimum Gasteiger partial charge on any atom is -0.497 e. The summed E-state index contributed by atoms with van der Waals surface area (Å²) >= 11 is 0. The van der Waals surface area contributed by atoms with Crippen molar-refractivity contribution in [2.45, 2.75) is 40.2 Å². The first-order valence-corrected chi connectivity index (χ1v) is 10.0. The molecule has 0 aliphatic carbocycles. The molecule has 0 heterocycles. The highest BCUT2D eigenvalue weighted by Gasteiger charge is 2.11. The first-order chi connectivity index (χ1) is 13.1. The monoisotopic (exact) mass is 378 g/mol. The van der Waals surface area contributed by atoms with E-state index in [2.05, 4.69) is 42.9 Å². The summed E-state index contributed by atoms with van der Waals surface area (Å²) in [6.07, 6.45) is 2.28. The standard InChI is InChI=1S/C21H38N4O2/c1-7-22-21(23-14-10-11-15-25(8-2)9-3)24(4)17-18-12-13-19(26-5)16-20(18)27-6/h12-13,16H,7-11,14-15,17H2,1-6H3,(H,22,23). The fraction of sp³-hybridized carbons (Fsp3) is 0.667. The number of guanidine groups is 1. The third-order valence-corrected chi connectivity index (χ3v) is 4.64. The van der Waals surface area contributed by atoms with Gasteiger partial charge in [0.2, 0.25) is 0 Å². The first kappa shape index (κ1) is 23.1. The molecule has 1 aromatic rings. The Balaban J connectivity index is 2.65. The summed E-state index contributed by atoms with van der Waals surface area (Å²) in [5.41, 5.74) is 1.10. The van der Waals surface area contributed by atoms with Gasteiger partial charge in [-0.15, -0.1) is 0 Å². The summed E-state index contributed by atoms with van der Waals surface area (Å²) < 4.78 is 10.8. The van der Waals surface area contributed by atoms with Crippen LogP contribution < -0.4 is 14.8 Å². The molecule has 0 saturated carbocycles. The molecule has 1 rings (SSSR count). The van der Waals surface area contributed by atoms with E-state index in [1.165, 1.54) is 6.42 Å². The molecule has 0 atom stereocenters. The van der Waals surface area contributed by atoms with E-state index in [0.29, 0.717) is 0 Å². The smallest absolute Gasteiger partial charge is 0.193 e. The van der Waals surface area contributed by atoms with E-state index in [4.69, 9.17) is 14.5 Å². The van der Waals surface area contributed by atoms with Gasteiger partial charge in [0, 0.05) is 38.3 Å². The average molecular weight is 379 g/mol. The Morgan fingerprint density at radius 2 is 1.81 bits per heavy atom. The van der Waals surface area contributed by atoms with E-state index in [0.717, 1.165) is 68.7 Å². The second-order valence-electron chi connectivity index (χ2n) is 6.50. The molecule has 6 nitrogen and oxygen atoms in total. The molecule has 6 heteroatoms. The van der Waals surface area contributed by atoms with Crippen LogP contribution in [0.3, 0.4) is 0 Å². The summed E-state index contributed by atoms with van der Waals surface area (Å²) in [6.45, 7) is 12.3. The SMILES string of the molecule is CCNC(=NCCCCN(CC)CC)N(C)Cc1ccc(OC)cc1OC. The Morgan fingerprint density at radius 3 is 2.41 bits per heavy atom. The Bertz CT molecular complexity index is 559. The van der Waals surface area contributed by atoms with Crippen LogP contribution in [0.5, 0.6) is 11.5 Å². The Hall–Kier alpha value is -1.95. The van der Waals surface area contributed by atoms with Crippen molar-refractivity contribution in [1.82, 2.24) is 15.1 Å². The predicted octanol–water partition coefficient (Wildman–Crippen LogP) is 3.22. The molecular formula is C21H38N4O2. The third kappa shape index (κ3) is 8.08. The Kier molecular flexibility index (Phi) is 11.3.